The zero-order valence-electron chi connectivity index (χ0n) is 13.0. The molecule has 21 heavy (non-hydrogen) atoms. The monoisotopic (exact) mass is 315 g/mol. The minimum absolute atomic E-state index is 0.0141. The van der Waals surface area contributed by atoms with Crippen molar-refractivity contribution in [3.05, 3.63) is 23.8 Å². The van der Waals surface area contributed by atoms with Crippen molar-refractivity contribution < 1.29 is 17.9 Å². The summed E-state index contributed by atoms with van der Waals surface area (Å²) >= 11 is 0. The number of nitrogens with two attached hydrogens (primary N) is 1. The Labute approximate surface area is 127 Å². The van der Waals surface area contributed by atoms with Crippen LogP contribution in [0, 0.1) is 0 Å². The number of rotatable bonds is 9. The third-order valence-electron chi connectivity index (χ3n) is 2.81. The lowest BCUT2D eigenvalue weighted by molar-refractivity contribution is 0.274. The van der Waals surface area contributed by atoms with Gasteiger partial charge in [0.1, 0.15) is 9.84 Å². The summed E-state index contributed by atoms with van der Waals surface area (Å²) in [4.78, 5) is 0. The quantitative estimate of drug-likeness (QED) is 0.703. The third kappa shape index (κ3) is 6.82. The number of benzene rings is 1. The Balaban J connectivity index is 2.80. The molecular formula is C15H25NO4S. The van der Waals surface area contributed by atoms with Gasteiger partial charge in [-0.25, -0.2) is 8.42 Å². The molecule has 5 nitrogen and oxygen atoms in total. The van der Waals surface area contributed by atoms with E-state index in [1.54, 1.807) is 0 Å². The van der Waals surface area contributed by atoms with Crippen LogP contribution in [0.25, 0.3) is 0 Å². The topological polar surface area (TPSA) is 78.6 Å². The molecule has 1 aromatic rings. The van der Waals surface area contributed by atoms with E-state index in [4.69, 9.17) is 15.2 Å². The normalized spacial score (nSPS) is 13.0. The van der Waals surface area contributed by atoms with E-state index < -0.39 is 9.84 Å². The highest BCUT2D eigenvalue weighted by Crippen LogP contribution is 2.32. The lowest BCUT2D eigenvalue weighted by atomic mass is 10.1. The second-order valence-corrected chi connectivity index (χ2v) is 7.45. The van der Waals surface area contributed by atoms with Crippen molar-refractivity contribution in [2.75, 3.05) is 25.2 Å². The van der Waals surface area contributed by atoms with Gasteiger partial charge in [-0.1, -0.05) is 12.1 Å². The fourth-order valence-electron chi connectivity index (χ4n) is 2.00. The van der Waals surface area contributed by atoms with Crippen LogP contribution in [0.4, 0.5) is 0 Å². The van der Waals surface area contributed by atoms with Crippen LogP contribution in [0.1, 0.15) is 25.8 Å². The highest BCUT2D eigenvalue weighted by molar-refractivity contribution is 7.90. The number of hydrogen-bond donors (Lipinski definition) is 1. The van der Waals surface area contributed by atoms with Gasteiger partial charge in [-0.05, 0) is 38.3 Å². The highest BCUT2D eigenvalue weighted by Gasteiger charge is 2.13. The van der Waals surface area contributed by atoms with E-state index in [-0.39, 0.29) is 11.8 Å². The van der Waals surface area contributed by atoms with Gasteiger partial charge in [0.15, 0.2) is 11.5 Å². The maximum atomic E-state index is 11.1. The zero-order chi connectivity index (χ0) is 15.9. The molecule has 1 aromatic carbocycles. The molecule has 0 saturated carbocycles. The van der Waals surface area contributed by atoms with E-state index in [0.29, 0.717) is 37.6 Å². The maximum absolute atomic E-state index is 11.1. The predicted molar refractivity (Wildman–Crippen MR) is 84.8 cm³/mol. The fraction of sp³-hybridized carbons (Fsp3) is 0.600. The van der Waals surface area contributed by atoms with Gasteiger partial charge in [0.2, 0.25) is 0 Å². The molecule has 6 heteroatoms. The Hall–Kier alpha value is -1.27. The van der Waals surface area contributed by atoms with Crippen molar-refractivity contribution >= 4 is 9.84 Å². The molecule has 1 atom stereocenters. The lowest BCUT2D eigenvalue weighted by Gasteiger charge is -2.17. The molecule has 0 heterocycles. The van der Waals surface area contributed by atoms with E-state index in [1.165, 1.54) is 6.26 Å². The first kappa shape index (κ1) is 17.8. The van der Waals surface area contributed by atoms with Crippen molar-refractivity contribution in [2.45, 2.75) is 32.7 Å². The summed E-state index contributed by atoms with van der Waals surface area (Å²) in [6.45, 7) is 4.72. The highest BCUT2D eigenvalue weighted by atomic mass is 32.2. The van der Waals surface area contributed by atoms with Gasteiger partial charge in [0.05, 0.1) is 19.0 Å². The second-order valence-electron chi connectivity index (χ2n) is 5.19. The Kier molecular flexibility index (Phi) is 6.98. The first-order valence-corrected chi connectivity index (χ1v) is 9.20. The number of ether oxygens (including phenoxy) is 2. The molecule has 0 saturated heterocycles. The number of hydrogen-bond acceptors (Lipinski definition) is 5. The van der Waals surface area contributed by atoms with Gasteiger partial charge < -0.3 is 15.2 Å². The molecule has 0 aliphatic rings. The largest absolute Gasteiger partial charge is 0.490 e. The van der Waals surface area contributed by atoms with Gasteiger partial charge in [0.25, 0.3) is 0 Å². The predicted octanol–water partition coefficient (Wildman–Crippen LogP) is 1.79. The molecule has 0 radical (unpaired) electrons. The first-order valence-electron chi connectivity index (χ1n) is 7.14. The number of para-hydroxylation sites is 1. The molecule has 1 rings (SSSR count). The lowest BCUT2D eigenvalue weighted by Crippen LogP contribution is -2.19. The SMILES string of the molecule is CCOc1cccc(CC(C)N)c1OCCCS(C)(=O)=O. The Morgan fingerprint density at radius 3 is 2.57 bits per heavy atom. The molecule has 0 aliphatic heterocycles. The fourth-order valence-corrected chi connectivity index (χ4v) is 2.64. The molecule has 2 N–H and O–H groups in total. The smallest absolute Gasteiger partial charge is 0.164 e. The molecule has 0 bridgehead atoms. The average Bonchev–Trinajstić information content (AvgIpc) is 2.35. The maximum Gasteiger partial charge on any atom is 0.164 e. The van der Waals surface area contributed by atoms with E-state index in [0.717, 1.165) is 5.56 Å². The van der Waals surface area contributed by atoms with E-state index in [2.05, 4.69) is 0 Å². The summed E-state index contributed by atoms with van der Waals surface area (Å²) in [6.07, 6.45) is 2.36. The van der Waals surface area contributed by atoms with Gasteiger partial charge in [-0.2, -0.15) is 0 Å². The van der Waals surface area contributed by atoms with Crippen molar-refractivity contribution in [3.8, 4) is 11.5 Å². The van der Waals surface area contributed by atoms with Crippen LogP contribution in [0.5, 0.6) is 11.5 Å². The van der Waals surface area contributed by atoms with Crippen LogP contribution in [0.3, 0.4) is 0 Å². The van der Waals surface area contributed by atoms with Gasteiger partial charge in [-0.3, -0.25) is 0 Å². The first-order chi connectivity index (χ1) is 9.83. The van der Waals surface area contributed by atoms with Crippen molar-refractivity contribution in [1.82, 2.24) is 0 Å². The van der Waals surface area contributed by atoms with Gasteiger partial charge in [0, 0.05) is 12.3 Å². The summed E-state index contributed by atoms with van der Waals surface area (Å²) in [5, 5.41) is 0. The van der Waals surface area contributed by atoms with Crippen LogP contribution in [0.15, 0.2) is 18.2 Å². The van der Waals surface area contributed by atoms with Gasteiger partial charge in [-0.15, -0.1) is 0 Å². The van der Waals surface area contributed by atoms with Crippen LogP contribution >= 0.6 is 0 Å². The van der Waals surface area contributed by atoms with E-state index in [9.17, 15) is 8.42 Å². The summed E-state index contributed by atoms with van der Waals surface area (Å²) in [5.41, 5.74) is 6.84. The van der Waals surface area contributed by atoms with E-state index in [1.807, 2.05) is 32.0 Å². The Morgan fingerprint density at radius 1 is 1.29 bits per heavy atom. The van der Waals surface area contributed by atoms with Crippen molar-refractivity contribution in [2.24, 2.45) is 5.73 Å². The van der Waals surface area contributed by atoms with Crippen molar-refractivity contribution in [3.63, 3.8) is 0 Å². The number of sulfone groups is 1. The standard InChI is InChI=1S/C15H25NO4S/c1-4-19-14-8-5-7-13(11-12(2)16)15(14)20-9-6-10-21(3,17)18/h5,7-8,12H,4,6,9-11,16H2,1-3H3. The van der Waals surface area contributed by atoms with E-state index >= 15 is 0 Å². The van der Waals surface area contributed by atoms with Crippen LogP contribution < -0.4 is 15.2 Å². The summed E-state index contributed by atoms with van der Waals surface area (Å²) in [6, 6.07) is 5.73. The zero-order valence-corrected chi connectivity index (χ0v) is 13.8. The molecule has 0 amide bonds. The van der Waals surface area contributed by atoms with Crippen LogP contribution in [0.2, 0.25) is 0 Å². The summed E-state index contributed by atoms with van der Waals surface area (Å²) in [5.74, 6) is 1.46. The van der Waals surface area contributed by atoms with Crippen LogP contribution in [-0.2, 0) is 16.3 Å². The molecule has 0 aliphatic carbocycles. The minimum atomic E-state index is -2.96. The molecule has 1 unspecified atom stereocenters. The Bertz CT molecular complexity index is 541. The second kappa shape index (κ2) is 8.24. The van der Waals surface area contributed by atoms with Gasteiger partial charge >= 0.3 is 0 Å². The average molecular weight is 315 g/mol. The van der Waals surface area contributed by atoms with Crippen LogP contribution in [-0.4, -0.2) is 39.7 Å². The third-order valence-corrected chi connectivity index (χ3v) is 3.84. The minimum Gasteiger partial charge on any atom is -0.490 e. The molecular weight excluding hydrogens is 290 g/mol. The van der Waals surface area contributed by atoms with Crippen molar-refractivity contribution in [1.29, 1.82) is 0 Å². The summed E-state index contributed by atoms with van der Waals surface area (Å²) in [7, 11) is -2.96. The Morgan fingerprint density at radius 2 is 2.00 bits per heavy atom. The summed E-state index contributed by atoms with van der Waals surface area (Å²) < 4.78 is 33.6. The molecule has 120 valence electrons. The molecule has 0 aromatic heterocycles. The molecule has 0 fully saturated rings. The molecule has 0 spiro atoms.